The Balaban J connectivity index is 1.84. The van der Waals surface area contributed by atoms with E-state index in [0.717, 1.165) is 29.2 Å². The lowest BCUT2D eigenvalue weighted by Crippen LogP contribution is -2.37. The van der Waals surface area contributed by atoms with Crippen molar-refractivity contribution in [1.82, 2.24) is 5.32 Å². The molecule has 150 valence electrons. The third-order valence-corrected chi connectivity index (χ3v) is 4.25. The number of amides is 2. The van der Waals surface area contributed by atoms with Crippen LogP contribution in [0.25, 0.3) is 0 Å². The molecule has 0 bridgehead atoms. The summed E-state index contributed by atoms with van der Waals surface area (Å²) >= 11 is 1.55. The van der Waals surface area contributed by atoms with Crippen LogP contribution in [0.1, 0.15) is 11.7 Å². The Kier molecular flexibility index (Phi) is 7.30. The monoisotopic (exact) mass is 414 g/mol. The number of carbonyl (C=O) groups is 2. The van der Waals surface area contributed by atoms with Crippen molar-refractivity contribution >= 4 is 29.3 Å². The van der Waals surface area contributed by atoms with Crippen LogP contribution in [0.3, 0.4) is 0 Å². The maximum absolute atomic E-state index is 12.1. The average Bonchev–Trinajstić information content (AvgIpc) is 2.66. The number of rotatable bonds is 6. The van der Waals surface area contributed by atoms with Crippen LogP contribution in [-0.4, -0.2) is 36.1 Å². The highest BCUT2D eigenvalue weighted by molar-refractivity contribution is 7.98. The average molecular weight is 414 g/mol. The molecule has 2 aromatic rings. The van der Waals surface area contributed by atoms with Crippen molar-refractivity contribution in [3.8, 4) is 5.75 Å². The number of anilines is 1. The predicted molar refractivity (Wildman–Crippen MR) is 97.9 cm³/mol. The second kappa shape index (κ2) is 9.47. The van der Waals surface area contributed by atoms with Gasteiger partial charge in [-0.05, 0) is 48.2 Å². The first kappa shape index (κ1) is 21.6. The van der Waals surface area contributed by atoms with E-state index in [1.165, 1.54) is 0 Å². The number of aliphatic hydroxyl groups is 1. The second-order valence-electron chi connectivity index (χ2n) is 5.53. The van der Waals surface area contributed by atoms with Crippen molar-refractivity contribution in [1.29, 1.82) is 0 Å². The van der Waals surface area contributed by atoms with E-state index in [2.05, 4.69) is 15.4 Å². The minimum Gasteiger partial charge on any atom is -0.406 e. The fourth-order valence-corrected chi connectivity index (χ4v) is 2.55. The molecule has 28 heavy (non-hydrogen) atoms. The molecule has 0 aromatic heterocycles. The van der Waals surface area contributed by atoms with Gasteiger partial charge in [0.15, 0.2) is 0 Å². The number of carbonyl (C=O) groups excluding carboxylic acids is 2. The smallest absolute Gasteiger partial charge is 0.406 e. The van der Waals surface area contributed by atoms with Crippen molar-refractivity contribution in [2.75, 3.05) is 18.1 Å². The van der Waals surface area contributed by atoms with Gasteiger partial charge in [-0.25, -0.2) is 0 Å². The van der Waals surface area contributed by atoms with E-state index in [1.807, 2.05) is 18.4 Å². The Morgan fingerprint density at radius 2 is 1.68 bits per heavy atom. The standard InChI is InChI=1S/C18H17F3N2O4S/c1-28-14-8-2-11(3-9-14)15(24)10-22-16(25)17(26)23-12-4-6-13(7-5-12)27-18(19,20)21/h2-9,15,24H,10H2,1H3,(H,22,25)(H,23,26)/t15-/m0/s1. The van der Waals surface area contributed by atoms with E-state index < -0.39 is 30.0 Å². The third-order valence-electron chi connectivity index (χ3n) is 3.51. The van der Waals surface area contributed by atoms with E-state index in [9.17, 15) is 27.9 Å². The first-order valence-electron chi connectivity index (χ1n) is 7.95. The van der Waals surface area contributed by atoms with Gasteiger partial charge in [0, 0.05) is 17.1 Å². The van der Waals surface area contributed by atoms with Gasteiger partial charge in [0.25, 0.3) is 0 Å². The Morgan fingerprint density at radius 1 is 1.07 bits per heavy atom. The van der Waals surface area contributed by atoms with E-state index in [4.69, 9.17) is 0 Å². The number of aliphatic hydroxyl groups excluding tert-OH is 1. The molecular weight excluding hydrogens is 397 g/mol. The summed E-state index contributed by atoms with van der Waals surface area (Å²) in [5, 5.41) is 14.6. The maximum Gasteiger partial charge on any atom is 0.573 e. The van der Waals surface area contributed by atoms with E-state index in [0.29, 0.717) is 5.56 Å². The number of halogens is 3. The second-order valence-corrected chi connectivity index (χ2v) is 6.40. The quantitative estimate of drug-likeness (QED) is 0.500. The van der Waals surface area contributed by atoms with Crippen LogP contribution >= 0.6 is 11.8 Å². The third kappa shape index (κ3) is 6.78. The van der Waals surface area contributed by atoms with Gasteiger partial charge in [-0.2, -0.15) is 0 Å². The number of benzene rings is 2. The topological polar surface area (TPSA) is 87.7 Å². The summed E-state index contributed by atoms with van der Waals surface area (Å²) in [6.45, 7) is -0.177. The molecule has 6 nitrogen and oxygen atoms in total. The van der Waals surface area contributed by atoms with Gasteiger partial charge in [0.05, 0.1) is 6.10 Å². The molecule has 0 aliphatic rings. The highest BCUT2D eigenvalue weighted by Gasteiger charge is 2.31. The number of nitrogens with one attached hydrogen (secondary N) is 2. The van der Waals surface area contributed by atoms with Gasteiger partial charge < -0.3 is 20.5 Å². The van der Waals surface area contributed by atoms with Gasteiger partial charge in [-0.15, -0.1) is 24.9 Å². The van der Waals surface area contributed by atoms with Crippen LogP contribution in [0.15, 0.2) is 53.4 Å². The molecule has 0 unspecified atom stereocenters. The van der Waals surface area contributed by atoms with Crippen molar-refractivity contribution in [2.24, 2.45) is 0 Å². The fraction of sp³-hybridized carbons (Fsp3) is 0.222. The molecular formula is C18H17F3N2O4S. The minimum absolute atomic E-state index is 0.114. The molecule has 2 rings (SSSR count). The van der Waals surface area contributed by atoms with Crippen LogP contribution in [0, 0.1) is 0 Å². The van der Waals surface area contributed by atoms with Gasteiger partial charge in [-0.3, -0.25) is 9.59 Å². The van der Waals surface area contributed by atoms with Gasteiger partial charge in [-0.1, -0.05) is 12.1 Å². The molecule has 0 saturated heterocycles. The number of ether oxygens (including phenoxy) is 1. The van der Waals surface area contributed by atoms with Crippen molar-refractivity contribution in [3.63, 3.8) is 0 Å². The zero-order chi connectivity index (χ0) is 20.7. The molecule has 0 saturated carbocycles. The summed E-state index contributed by atoms with van der Waals surface area (Å²) in [5.41, 5.74) is 0.696. The van der Waals surface area contributed by atoms with E-state index >= 15 is 0 Å². The fourth-order valence-electron chi connectivity index (χ4n) is 2.14. The highest BCUT2D eigenvalue weighted by atomic mass is 32.2. The lowest BCUT2D eigenvalue weighted by molar-refractivity contribution is -0.274. The Hall–Kier alpha value is -2.72. The predicted octanol–water partition coefficient (Wildman–Crippen LogP) is 3.10. The Labute approximate surface area is 163 Å². The number of thioether (sulfide) groups is 1. The van der Waals surface area contributed by atoms with Crippen LogP contribution in [0.4, 0.5) is 18.9 Å². The van der Waals surface area contributed by atoms with Gasteiger partial charge in [0.2, 0.25) is 0 Å². The number of hydrogen-bond donors (Lipinski definition) is 3. The molecule has 0 aliphatic heterocycles. The molecule has 0 aliphatic carbocycles. The zero-order valence-electron chi connectivity index (χ0n) is 14.6. The van der Waals surface area contributed by atoms with Crippen molar-refractivity contribution < 1.29 is 32.6 Å². The van der Waals surface area contributed by atoms with Gasteiger partial charge in [0.1, 0.15) is 5.75 Å². The summed E-state index contributed by atoms with van der Waals surface area (Å²) in [5.74, 6) is -2.46. The summed E-state index contributed by atoms with van der Waals surface area (Å²) in [7, 11) is 0. The van der Waals surface area contributed by atoms with Crippen molar-refractivity contribution in [2.45, 2.75) is 17.4 Å². The maximum atomic E-state index is 12.1. The largest absolute Gasteiger partial charge is 0.573 e. The lowest BCUT2D eigenvalue weighted by atomic mass is 10.1. The van der Waals surface area contributed by atoms with E-state index in [1.54, 1.807) is 23.9 Å². The minimum atomic E-state index is -4.82. The molecule has 3 N–H and O–H groups in total. The summed E-state index contributed by atoms with van der Waals surface area (Å²) < 4.78 is 40.0. The first-order valence-corrected chi connectivity index (χ1v) is 9.17. The summed E-state index contributed by atoms with van der Waals surface area (Å²) in [6, 6.07) is 11.4. The lowest BCUT2D eigenvalue weighted by Gasteiger charge is -2.13. The van der Waals surface area contributed by atoms with Crippen LogP contribution in [0.2, 0.25) is 0 Å². The molecule has 1 atom stereocenters. The summed E-state index contributed by atoms with van der Waals surface area (Å²) in [4.78, 5) is 24.7. The van der Waals surface area contributed by atoms with Crippen LogP contribution in [0.5, 0.6) is 5.75 Å². The number of hydrogen-bond acceptors (Lipinski definition) is 5. The Morgan fingerprint density at radius 3 is 2.21 bits per heavy atom. The number of alkyl halides is 3. The van der Waals surface area contributed by atoms with Crippen molar-refractivity contribution in [3.05, 3.63) is 54.1 Å². The van der Waals surface area contributed by atoms with E-state index in [-0.39, 0.29) is 12.2 Å². The molecule has 0 heterocycles. The van der Waals surface area contributed by atoms with Crippen LogP contribution < -0.4 is 15.4 Å². The first-order chi connectivity index (χ1) is 13.2. The van der Waals surface area contributed by atoms with Gasteiger partial charge >= 0.3 is 18.2 Å². The SMILES string of the molecule is CSc1ccc([C@@H](O)CNC(=O)C(=O)Nc2ccc(OC(F)(F)F)cc2)cc1. The molecule has 0 spiro atoms. The molecule has 2 aromatic carbocycles. The Bertz CT molecular complexity index is 811. The molecule has 0 fully saturated rings. The summed E-state index contributed by atoms with van der Waals surface area (Å²) in [6.07, 6.45) is -3.89. The molecule has 0 radical (unpaired) electrons. The van der Waals surface area contributed by atoms with Crippen LogP contribution in [-0.2, 0) is 9.59 Å². The molecule has 2 amide bonds. The normalized spacial score (nSPS) is 12.2. The highest BCUT2D eigenvalue weighted by Crippen LogP contribution is 2.24. The molecule has 10 heteroatoms. The zero-order valence-corrected chi connectivity index (χ0v) is 15.4.